The summed E-state index contributed by atoms with van der Waals surface area (Å²) in [5.41, 5.74) is -1.44. The van der Waals surface area contributed by atoms with Crippen molar-refractivity contribution in [1.82, 2.24) is 0 Å². The molecule has 0 fully saturated rings. The predicted molar refractivity (Wildman–Crippen MR) is 68.6 cm³/mol. The van der Waals surface area contributed by atoms with Gasteiger partial charge in [-0.3, -0.25) is 0 Å². The fraction of sp³-hybridized carbons (Fsp3) is 0.786. The molecule has 19 heavy (non-hydrogen) atoms. The first kappa shape index (κ1) is 18.0. The summed E-state index contributed by atoms with van der Waals surface area (Å²) in [6.45, 7) is 10.5. The third kappa shape index (κ3) is 6.12. The number of halogens is 3. The molecule has 0 rings (SSSR count). The predicted octanol–water partition coefficient (Wildman–Crippen LogP) is 4.50. The molecular weight excluding hydrogens is 257 g/mol. The third-order valence-electron chi connectivity index (χ3n) is 3.46. The molecule has 0 saturated carbocycles. The monoisotopic (exact) mass is 280 g/mol. The second kappa shape index (κ2) is 7.56. The van der Waals surface area contributed by atoms with Crippen LogP contribution in [-0.4, -0.2) is 18.2 Å². The van der Waals surface area contributed by atoms with Crippen LogP contribution in [-0.2, 0) is 9.53 Å². The molecule has 0 aliphatic heterocycles. The molecule has 0 saturated heterocycles. The molecule has 5 heteroatoms. The van der Waals surface area contributed by atoms with Gasteiger partial charge in [-0.25, -0.2) is 4.79 Å². The Balaban J connectivity index is 4.73. The van der Waals surface area contributed by atoms with Crippen LogP contribution in [0.5, 0.6) is 0 Å². The maximum atomic E-state index is 12.4. The van der Waals surface area contributed by atoms with Crippen LogP contribution < -0.4 is 0 Å². The quantitative estimate of drug-likeness (QED) is 0.507. The normalized spacial score (nSPS) is 16.6. The van der Waals surface area contributed by atoms with Gasteiger partial charge in [0.25, 0.3) is 0 Å². The maximum absolute atomic E-state index is 12.4. The van der Waals surface area contributed by atoms with Crippen molar-refractivity contribution < 1.29 is 22.7 Å². The molecule has 0 amide bonds. The minimum absolute atomic E-state index is 0.0268. The van der Waals surface area contributed by atoms with E-state index in [2.05, 4.69) is 6.58 Å². The van der Waals surface area contributed by atoms with Crippen molar-refractivity contribution in [3.63, 3.8) is 0 Å². The molecule has 0 bridgehead atoms. The highest BCUT2D eigenvalue weighted by Crippen LogP contribution is 2.28. The van der Waals surface area contributed by atoms with E-state index in [1.165, 1.54) is 0 Å². The summed E-state index contributed by atoms with van der Waals surface area (Å²) in [7, 11) is 0. The third-order valence-corrected chi connectivity index (χ3v) is 3.46. The van der Waals surface area contributed by atoms with E-state index in [1.807, 2.05) is 27.7 Å². The molecule has 0 aliphatic rings. The molecule has 3 atom stereocenters. The molecule has 2 nitrogen and oxygen atoms in total. The van der Waals surface area contributed by atoms with E-state index in [0.717, 1.165) is 12.8 Å². The molecular formula is C14H23F3O2. The van der Waals surface area contributed by atoms with E-state index in [0.29, 0.717) is 12.3 Å². The Labute approximate surface area is 113 Å². The van der Waals surface area contributed by atoms with Gasteiger partial charge in [0.2, 0.25) is 0 Å². The van der Waals surface area contributed by atoms with Crippen molar-refractivity contribution in [2.24, 2.45) is 11.8 Å². The van der Waals surface area contributed by atoms with Gasteiger partial charge in [-0.15, -0.1) is 0 Å². The van der Waals surface area contributed by atoms with Crippen LogP contribution in [0, 0.1) is 11.8 Å². The van der Waals surface area contributed by atoms with Crippen LogP contribution in [0.3, 0.4) is 0 Å². The van der Waals surface area contributed by atoms with Crippen molar-refractivity contribution in [1.29, 1.82) is 0 Å². The van der Waals surface area contributed by atoms with Crippen molar-refractivity contribution in [2.75, 3.05) is 0 Å². The lowest BCUT2D eigenvalue weighted by molar-refractivity contribution is -0.158. The number of carbonyl (C=O) groups is 1. The first-order valence-electron chi connectivity index (χ1n) is 6.60. The van der Waals surface area contributed by atoms with Crippen LogP contribution in [0.4, 0.5) is 13.2 Å². The first-order valence-corrected chi connectivity index (χ1v) is 6.60. The van der Waals surface area contributed by atoms with Crippen LogP contribution in [0.25, 0.3) is 0 Å². The maximum Gasteiger partial charge on any atom is 0.422 e. The highest BCUT2D eigenvalue weighted by molar-refractivity contribution is 5.89. The first-order chi connectivity index (χ1) is 8.63. The Morgan fingerprint density at radius 1 is 1.21 bits per heavy atom. The molecule has 0 aromatic heterocycles. The van der Waals surface area contributed by atoms with Gasteiger partial charge >= 0.3 is 12.1 Å². The van der Waals surface area contributed by atoms with Crippen molar-refractivity contribution in [3.8, 4) is 0 Å². The fourth-order valence-corrected chi connectivity index (χ4v) is 1.55. The van der Waals surface area contributed by atoms with Gasteiger partial charge < -0.3 is 4.74 Å². The highest BCUT2D eigenvalue weighted by atomic mass is 19.4. The summed E-state index contributed by atoms with van der Waals surface area (Å²) in [5, 5.41) is 0. The van der Waals surface area contributed by atoms with Gasteiger partial charge in [0.05, 0.1) is 0 Å². The minimum Gasteiger partial charge on any atom is -0.459 e. The second-order valence-corrected chi connectivity index (χ2v) is 5.05. The number of hydrogen-bond acceptors (Lipinski definition) is 2. The van der Waals surface area contributed by atoms with Crippen LogP contribution >= 0.6 is 0 Å². The van der Waals surface area contributed by atoms with Gasteiger partial charge in [0.15, 0.2) is 0 Å². The summed E-state index contributed by atoms with van der Waals surface area (Å²) in [6, 6.07) is 0. The number of carbonyl (C=O) groups excluding carboxylic acids is 1. The highest BCUT2D eigenvalue weighted by Gasteiger charge is 2.39. The molecule has 0 aromatic rings. The molecule has 3 unspecified atom stereocenters. The summed E-state index contributed by atoms with van der Waals surface area (Å²) in [4.78, 5) is 11.4. The van der Waals surface area contributed by atoms with Crippen molar-refractivity contribution >= 4 is 5.97 Å². The fourth-order valence-electron chi connectivity index (χ4n) is 1.55. The smallest absolute Gasteiger partial charge is 0.422 e. The average Bonchev–Trinajstić information content (AvgIpc) is 2.34. The van der Waals surface area contributed by atoms with E-state index in [4.69, 9.17) is 4.74 Å². The Hall–Kier alpha value is -1.00. The zero-order valence-corrected chi connectivity index (χ0v) is 12.0. The van der Waals surface area contributed by atoms with E-state index in [1.54, 1.807) is 0 Å². The number of hydrogen-bond donors (Lipinski definition) is 0. The molecule has 0 aromatic carbocycles. The summed E-state index contributed by atoms with van der Waals surface area (Å²) in [6.07, 6.45) is -3.01. The van der Waals surface area contributed by atoms with Gasteiger partial charge in [0.1, 0.15) is 11.7 Å². The zero-order chi connectivity index (χ0) is 15.2. The lowest BCUT2D eigenvalue weighted by Crippen LogP contribution is -2.30. The second-order valence-electron chi connectivity index (χ2n) is 5.05. The molecule has 0 aliphatic carbocycles. The Morgan fingerprint density at radius 2 is 1.74 bits per heavy atom. The summed E-state index contributed by atoms with van der Waals surface area (Å²) in [5.74, 6) is -1.04. The Bertz CT molecular complexity index is 310. The lowest BCUT2D eigenvalue weighted by Gasteiger charge is -2.26. The van der Waals surface area contributed by atoms with E-state index >= 15 is 0 Å². The number of esters is 1. The van der Waals surface area contributed by atoms with E-state index < -0.39 is 23.8 Å². The Morgan fingerprint density at radius 3 is 2.11 bits per heavy atom. The molecule has 0 spiro atoms. The summed E-state index contributed by atoms with van der Waals surface area (Å²) >= 11 is 0. The lowest BCUT2D eigenvalue weighted by atomic mass is 9.92. The Kier molecular flexibility index (Phi) is 7.16. The average molecular weight is 280 g/mol. The number of rotatable bonds is 7. The largest absolute Gasteiger partial charge is 0.459 e. The minimum atomic E-state index is -4.73. The SMILES string of the molecule is C=C(C(=O)OC(CC(C)CC)C(C)CC)C(F)(F)F. The number of ether oxygens (including phenoxy) is 1. The van der Waals surface area contributed by atoms with Crippen molar-refractivity contribution in [3.05, 3.63) is 12.2 Å². The van der Waals surface area contributed by atoms with Gasteiger partial charge in [-0.1, -0.05) is 47.1 Å². The molecule has 0 radical (unpaired) electrons. The van der Waals surface area contributed by atoms with Crippen LogP contribution in [0.2, 0.25) is 0 Å². The van der Waals surface area contributed by atoms with Gasteiger partial charge in [-0.2, -0.15) is 13.2 Å². The molecule has 0 N–H and O–H groups in total. The molecule has 0 heterocycles. The van der Waals surface area contributed by atoms with Crippen molar-refractivity contribution in [2.45, 2.75) is 59.2 Å². The van der Waals surface area contributed by atoms with Gasteiger partial charge in [-0.05, 0) is 18.3 Å². The molecule has 112 valence electrons. The van der Waals surface area contributed by atoms with Gasteiger partial charge in [0, 0.05) is 0 Å². The topological polar surface area (TPSA) is 26.3 Å². The number of alkyl halides is 3. The van der Waals surface area contributed by atoms with E-state index in [-0.39, 0.29) is 5.92 Å². The summed E-state index contributed by atoms with van der Waals surface area (Å²) < 4.78 is 42.1. The van der Waals surface area contributed by atoms with Crippen LogP contribution in [0.1, 0.15) is 47.0 Å². The van der Waals surface area contributed by atoms with E-state index in [9.17, 15) is 18.0 Å². The van der Waals surface area contributed by atoms with Crippen LogP contribution in [0.15, 0.2) is 12.2 Å². The standard InChI is InChI=1S/C14H23F3O2/c1-6-9(3)8-12(10(4)7-2)19-13(18)11(5)14(15,16)17/h9-10,12H,5-8H2,1-4H3. The zero-order valence-electron chi connectivity index (χ0n) is 12.0.